The standard InChI is InChI=1S/C77H120F8N12O15/c1-12-46(4)64-72(107)90(6)42-62(100)91(7)55-21-14-13-17-30-96(71(55)106)58(37-47-22-25-50(26-23-47)76(80,81)82)69(104)89(5)41-60(98)86-54(27-24-48-35-52(78)63(53(79)36-48)77(83,84)85)68(103)97-40-51(112-43-45(2)3)38-56(97)67(102)88-75(28-18-29-75)74(109)94(10)65(49-19-15-16-20-49)73(108)93(9)57(70(105)95-31-33-111-34-32-95)39-61(99)92(8)59(44-110-11)66(101)87-64/h45-59,63-65H,12-44H2,1-11H3,(H,86,98)(H,87,101)(H,88,102)/t46-,47?,48?,50?,51+,52?,53?,54-,55-,56-,57-,58-,59-,63?,64-,65-/m0/s1. The Balaban J connectivity index is 1.21. The maximum Gasteiger partial charge on any atom is 0.397 e. The molecule has 2 bridgehead atoms. The Bertz CT molecular complexity index is 3290. The van der Waals surface area contributed by atoms with Crippen molar-refractivity contribution in [1.29, 1.82) is 0 Å². The lowest BCUT2D eigenvalue weighted by Gasteiger charge is -2.47. The molecule has 4 saturated carbocycles. The van der Waals surface area contributed by atoms with Gasteiger partial charge in [0, 0.05) is 88.6 Å². The Morgan fingerprint density at radius 1 is 0.607 bits per heavy atom. The van der Waals surface area contributed by atoms with Gasteiger partial charge in [0.25, 0.3) is 0 Å². The lowest BCUT2D eigenvalue weighted by atomic mass is 9.74. The molecule has 0 radical (unpaired) electrons. The van der Waals surface area contributed by atoms with Crippen LogP contribution in [-0.4, -0.2) is 315 Å². The molecule has 8 fully saturated rings. The van der Waals surface area contributed by atoms with Gasteiger partial charge < -0.3 is 74.3 Å². The van der Waals surface area contributed by atoms with Gasteiger partial charge in [0.15, 0.2) is 0 Å². The molecular formula is C77H120F8N12O15. The molecule has 4 heterocycles. The van der Waals surface area contributed by atoms with Crippen LogP contribution in [0.2, 0.25) is 0 Å². The first-order valence-corrected chi connectivity index (χ1v) is 40.2. The topological polar surface area (TPSA) is 298 Å². The molecule has 8 rings (SSSR count). The zero-order valence-electron chi connectivity index (χ0n) is 66.9. The number of methoxy groups -OCH3 is 1. The maximum absolute atomic E-state index is 15.7. The van der Waals surface area contributed by atoms with Crippen LogP contribution in [-0.2, 0) is 71.7 Å². The molecule has 27 nitrogen and oxygen atoms in total. The summed E-state index contributed by atoms with van der Waals surface area (Å²) >= 11 is 0. The summed E-state index contributed by atoms with van der Waals surface area (Å²) in [6.45, 7) is 5.39. The lowest BCUT2D eigenvalue weighted by molar-refractivity contribution is -0.219. The Morgan fingerprint density at radius 3 is 1.81 bits per heavy atom. The van der Waals surface area contributed by atoms with Gasteiger partial charge in [0.05, 0.1) is 51.4 Å². The number of likely N-dealkylation sites (N-methyl/N-ethyl adjacent to an activating group) is 6. The molecule has 112 heavy (non-hydrogen) atoms. The van der Waals surface area contributed by atoms with Crippen molar-refractivity contribution >= 4 is 70.9 Å². The second-order valence-corrected chi connectivity index (χ2v) is 33.3. The van der Waals surface area contributed by atoms with Crippen LogP contribution in [0.5, 0.6) is 0 Å². The van der Waals surface area contributed by atoms with Gasteiger partial charge in [-0.05, 0) is 132 Å². The summed E-state index contributed by atoms with van der Waals surface area (Å²) in [5.74, 6) is -17.1. The number of fused-ring (bicyclic) bond motifs is 3. The van der Waals surface area contributed by atoms with Crippen LogP contribution >= 0.6 is 0 Å². The van der Waals surface area contributed by atoms with E-state index in [2.05, 4.69) is 16.0 Å². The van der Waals surface area contributed by atoms with E-state index in [4.69, 9.17) is 14.2 Å². The van der Waals surface area contributed by atoms with Crippen LogP contribution in [0.25, 0.3) is 0 Å². The third-order valence-electron chi connectivity index (χ3n) is 25.0. The van der Waals surface area contributed by atoms with E-state index in [0.29, 0.717) is 57.8 Å². The van der Waals surface area contributed by atoms with Crippen LogP contribution in [0.3, 0.4) is 0 Å². The van der Waals surface area contributed by atoms with Gasteiger partial charge >= 0.3 is 12.4 Å². The molecule has 634 valence electrons. The van der Waals surface area contributed by atoms with Gasteiger partial charge in [-0.25, -0.2) is 8.78 Å². The highest BCUT2D eigenvalue weighted by Gasteiger charge is 2.56. The predicted octanol–water partition coefficient (Wildman–Crippen LogP) is 5.58. The number of carbonyl (C=O) groups is 12. The number of alkyl halides is 8. The summed E-state index contributed by atoms with van der Waals surface area (Å²) < 4.78 is 133. The molecular weight excluding hydrogens is 1480 g/mol. The van der Waals surface area contributed by atoms with Crippen LogP contribution in [0, 0.1) is 41.4 Å². The molecule has 0 aromatic carbocycles. The first kappa shape index (κ1) is 90.5. The molecule has 12 amide bonds. The fourth-order valence-electron chi connectivity index (χ4n) is 17.7. The molecule has 4 aliphatic heterocycles. The number of nitrogens with zero attached hydrogens (tertiary/aromatic N) is 9. The van der Waals surface area contributed by atoms with Gasteiger partial charge in [-0.3, -0.25) is 57.5 Å². The second kappa shape index (κ2) is 39.5. The zero-order valence-corrected chi connectivity index (χ0v) is 66.9. The smallest absolute Gasteiger partial charge is 0.382 e. The summed E-state index contributed by atoms with van der Waals surface area (Å²) in [4.78, 5) is 193. The number of halogens is 8. The Hall–Kier alpha value is -7.04. The first-order valence-electron chi connectivity index (χ1n) is 40.2. The SMILES string of the molecule is CC[C@H](C)[C@@H]1NC(=O)[C@H](COC)N(C)C(=O)C[C@@H](C(=O)N2CCOCC2)N(C)C(=O)[C@H](C2CCCC2)N(C)C(=O)C2(CCC2)NC(=O)[C@@H]2C[C@@H](OCC(C)C)CN2C(=O)[C@H](CCC2CC(F)C(C(F)(F)F)C(F)C2)NC(=O)CN(C)C(=O)[C@H](CC2CCC(C(F)(F)F)CC2)N2CCCCC[C@@H](C2=O)N(C)C(=O)CN(C)C1=O. The largest absolute Gasteiger partial charge is 0.397 e. The molecule has 2 unspecified atom stereocenters. The highest BCUT2D eigenvalue weighted by molar-refractivity contribution is 6.01. The van der Waals surface area contributed by atoms with Crippen molar-refractivity contribution in [3.05, 3.63) is 0 Å². The van der Waals surface area contributed by atoms with Gasteiger partial charge in [-0.1, -0.05) is 59.8 Å². The van der Waals surface area contributed by atoms with Crippen LogP contribution in [0.15, 0.2) is 0 Å². The first-order chi connectivity index (χ1) is 52.7. The maximum atomic E-state index is 15.7. The molecule has 4 saturated heterocycles. The minimum atomic E-state index is -5.22. The van der Waals surface area contributed by atoms with E-state index in [9.17, 15) is 45.5 Å². The number of hydrogen-bond acceptors (Lipinski definition) is 15. The zero-order chi connectivity index (χ0) is 82.6. The van der Waals surface area contributed by atoms with E-state index in [0.717, 1.165) is 29.4 Å². The molecule has 0 aromatic rings. The summed E-state index contributed by atoms with van der Waals surface area (Å²) in [5, 5.41) is 8.39. The number of nitrogens with one attached hydrogen (secondary N) is 3. The quantitative estimate of drug-likeness (QED) is 0.179. The van der Waals surface area contributed by atoms with E-state index in [-0.39, 0.29) is 116 Å². The van der Waals surface area contributed by atoms with E-state index in [1.54, 1.807) is 13.8 Å². The molecule has 8 aliphatic rings. The fraction of sp³-hybridized carbons (Fsp3) is 0.844. The van der Waals surface area contributed by atoms with Gasteiger partial charge in [0.2, 0.25) is 70.9 Å². The van der Waals surface area contributed by atoms with Gasteiger partial charge in [0.1, 0.15) is 72.1 Å². The van der Waals surface area contributed by atoms with Crippen LogP contribution < -0.4 is 16.0 Å². The summed E-state index contributed by atoms with van der Waals surface area (Å²) in [6.07, 6.45) is -15.6. The number of hydrogen-bond donors (Lipinski definition) is 3. The van der Waals surface area contributed by atoms with Crippen molar-refractivity contribution < 1.29 is 107 Å². The summed E-state index contributed by atoms with van der Waals surface area (Å²) in [6, 6.07) is -11.6. The van der Waals surface area contributed by atoms with Crippen LogP contribution in [0.4, 0.5) is 35.1 Å². The lowest BCUT2D eigenvalue weighted by Crippen LogP contribution is -2.68. The Labute approximate surface area is 652 Å². The minimum absolute atomic E-state index is 0.00152. The number of morpholine rings is 1. The van der Waals surface area contributed by atoms with Crippen molar-refractivity contribution in [2.75, 3.05) is 115 Å². The summed E-state index contributed by atoms with van der Waals surface area (Å²) in [7, 11) is 9.24. The van der Waals surface area contributed by atoms with E-state index >= 15 is 47.1 Å². The minimum Gasteiger partial charge on any atom is -0.382 e. The number of amides is 12. The normalized spacial score (nSPS) is 32.0. The number of carbonyl (C=O) groups excluding carboxylic acids is 12. The number of rotatable bonds is 14. The van der Waals surface area contributed by atoms with Gasteiger partial charge in [-0.15, -0.1) is 0 Å². The third-order valence-corrected chi connectivity index (χ3v) is 25.0. The van der Waals surface area contributed by atoms with Crippen molar-refractivity contribution in [3.8, 4) is 0 Å². The molecule has 35 heteroatoms. The molecule has 3 N–H and O–H groups in total. The van der Waals surface area contributed by atoms with E-state index < -0.39 is 236 Å². The highest BCUT2D eigenvalue weighted by Crippen LogP contribution is 2.46. The van der Waals surface area contributed by atoms with Crippen molar-refractivity contribution in [2.45, 2.75) is 260 Å². The molecule has 0 aromatic heterocycles. The Morgan fingerprint density at radius 2 is 1.23 bits per heavy atom. The van der Waals surface area contributed by atoms with E-state index in [1.165, 1.54) is 64.1 Å². The van der Waals surface area contributed by atoms with Crippen molar-refractivity contribution in [3.63, 3.8) is 0 Å². The summed E-state index contributed by atoms with van der Waals surface area (Å²) in [5.41, 5.74) is -1.71. The highest BCUT2D eigenvalue weighted by atomic mass is 19.4. The predicted molar refractivity (Wildman–Crippen MR) is 391 cm³/mol. The van der Waals surface area contributed by atoms with E-state index in [1.807, 2.05) is 13.8 Å². The van der Waals surface area contributed by atoms with Crippen LogP contribution in [0.1, 0.15) is 175 Å². The molecule has 1 spiro atoms. The monoisotopic (exact) mass is 1600 g/mol. The van der Waals surface area contributed by atoms with Gasteiger partial charge in [-0.2, -0.15) is 26.3 Å². The second-order valence-electron chi connectivity index (χ2n) is 33.3. The van der Waals surface area contributed by atoms with Crippen molar-refractivity contribution in [1.82, 2.24) is 60.0 Å². The Kier molecular flexibility index (Phi) is 31.9. The average Bonchev–Trinajstić information content (AvgIpc) is 1.03. The average molecular weight is 1610 g/mol. The third kappa shape index (κ3) is 22.1. The fourth-order valence-corrected chi connectivity index (χ4v) is 17.7. The number of ether oxygens (including phenoxy) is 3. The molecule has 4 aliphatic carbocycles. The van der Waals surface area contributed by atoms with Crippen molar-refractivity contribution in [2.24, 2.45) is 41.4 Å². The molecule has 12 atom stereocenters.